The van der Waals surface area contributed by atoms with Gasteiger partial charge in [0.25, 0.3) is 15.6 Å². The summed E-state index contributed by atoms with van der Waals surface area (Å²) < 4.78 is 60.0. The van der Waals surface area contributed by atoms with Crippen LogP contribution in [0.1, 0.15) is 0 Å². The molecule has 35 heavy (non-hydrogen) atoms. The largest absolute Gasteiger partial charge is 0.368 e. The number of fused-ring (bicyclic) bond motifs is 2. The number of nitrogens with zero attached hydrogens (tertiary/aromatic N) is 3. The minimum Gasteiger partial charge on any atom is -0.368 e. The molecule has 2 heterocycles. The van der Waals surface area contributed by atoms with Crippen LogP contribution in [0.3, 0.4) is 0 Å². The van der Waals surface area contributed by atoms with Crippen molar-refractivity contribution in [3.63, 3.8) is 0 Å². The molecule has 2 aromatic heterocycles. The maximum atomic E-state index is 15.6. The molecule has 0 aliphatic heterocycles. The van der Waals surface area contributed by atoms with Crippen molar-refractivity contribution in [2.45, 2.75) is 4.90 Å². The number of halogens is 2. The van der Waals surface area contributed by atoms with Crippen LogP contribution in [0.25, 0.3) is 32.9 Å². The minimum absolute atomic E-state index is 0.0672. The van der Waals surface area contributed by atoms with Crippen molar-refractivity contribution in [1.82, 2.24) is 14.5 Å². The lowest BCUT2D eigenvalue weighted by Crippen LogP contribution is -2.21. The zero-order valence-electron chi connectivity index (χ0n) is 18.2. The number of hydrogen-bond donors (Lipinski definition) is 2. The second-order valence-corrected chi connectivity index (χ2v) is 9.45. The van der Waals surface area contributed by atoms with Crippen LogP contribution in [0.5, 0.6) is 0 Å². The van der Waals surface area contributed by atoms with Crippen LogP contribution >= 0.6 is 0 Å². The third-order valence-electron chi connectivity index (χ3n) is 5.61. The number of nitrogens with one attached hydrogen (secondary N) is 1. The molecule has 3 N–H and O–H groups in total. The number of rotatable bonds is 4. The van der Waals surface area contributed by atoms with Gasteiger partial charge in [-0.2, -0.15) is 4.98 Å². The first-order valence-corrected chi connectivity index (χ1v) is 11.8. The second kappa shape index (κ2) is 8.13. The Balaban J connectivity index is 1.66. The Kier molecular flexibility index (Phi) is 5.21. The molecule has 0 aliphatic rings. The summed E-state index contributed by atoms with van der Waals surface area (Å²) in [6.45, 7) is 0. The number of pyridine rings is 1. The normalized spacial score (nSPS) is 11.7. The molecule has 5 rings (SSSR count). The molecule has 8 nitrogen and oxygen atoms in total. The van der Waals surface area contributed by atoms with Crippen molar-refractivity contribution < 1.29 is 17.2 Å². The first kappa shape index (κ1) is 22.4. The highest BCUT2D eigenvalue weighted by Crippen LogP contribution is 2.32. The third-order valence-corrected chi connectivity index (χ3v) is 7.03. The highest BCUT2D eigenvalue weighted by molar-refractivity contribution is 7.93. The van der Waals surface area contributed by atoms with E-state index in [1.165, 1.54) is 25.4 Å². The average Bonchev–Trinajstić information content (AvgIpc) is 2.84. The van der Waals surface area contributed by atoms with Gasteiger partial charge in [-0.1, -0.05) is 36.4 Å². The molecule has 0 radical (unpaired) electrons. The van der Waals surface area contributed by atoms with Gasteiger partial charge in [-0.15, -0.1) is 0 Å². The molecule has 0 atom stereocenters. The second-order valence-electron chi connectivity index (χ2n) is 7.80. The van der Waals surface area contributed by atoms with Crippen LogP contribution in [0.15, 0.2) is 76.6 Å². The quantitative estimate of drug-likeness (QED) is 0.393. The highest BCUT2D eigenvalue weighted by atomic mass is 32.2. The molecule has 0 bridgehead atoms. The summed E-state index contributed by atoms with van der Waals surface area (Å²) in [5.74, 6) is -2.34. The Morgan fingerprint density at radius 3 is 2.54 bits per heavy atom. The van der Waals surface area contributed by atoms with E-state index in [-0.39, 0.29) is 22.1 Å². The fourth-order valence-corrected chi connectivity index (χ4v) is 5.24. The molecular weight excluding hydrogens is 476 g/mol. The number of sulfonamides is 1. The number of hydrogen-bond acceptors (Lipinski definition) is 6. The van der Waals surface area contributed by atoms with Crippen LogP contribution in [0.2, 0.25) is 0 Å². The molecule has 11 heteroatoms. The zero-order chi connectivity index (χ0) is 24.9. The molecule has 0 spiro atoms. The molecule has 0 aliphatic carbocycles. The lowest BCUT2D eigenvalue weighted by molar-refractivity contribution is 0.587. The van der Waals surface area contributed by atoms with Gasteiger partial charge in [0.1, 0.15) is 11.5 Å². The number of benzene rings is 3. The van der Waals surface area contributed by atoms with Gasteiger partial charge in [-0.25, -0.2) is 22.2 Å². The zero-order valence-corrected chi connectivity index (χ0v) is 19.0. The summed E-state index contributed by atoms with van der Waals surface area (Å²) in [5.41, 5.74) is 3.50. The van der Waals surface area contributed by atoms with Crippen molar-refractivity contribution in [1.29, 1.82) is 0 Å². The summed E-state index contributed by atoms with van der Waals surface area (Å²) in [6.07, 6.45) is 1.32. The van der Waals surface area contributed by atoms with Crippen LogP contribution in [-0.4, -0.2) is 23.0 Å². The lowest BCUT2D eigenvalue weighted by Gasteiger charge is -2.14. The van der Waals surface area contributed by atoms with Crippen molar-refractivity contribution in [3.8, 4) is 11.1 Å². The lowest BCUT2D eigenvalue weighted by atomic mass is 10.0. The molecule has 0 unspecified atom stereocenters. The van der Waals surface area contributed by atoms with Gasteiger partial charge in [0.05, 0.1) is 21.7 Å². The van der Waals surface area contributed by atoms with E-state index in [2.05, 4.69) is 14.7 Å². The molecule has 3 aromatic carbocycles. The Hall–Kier alpha value is -4.38. The van der Waals surface area contributed by atoms with E-state index < -0.39 is 38.5 Å². The smallest absolute Gasteiger partial charge is 0.262 e. The van der Waals surface area contributed by atoms with E-state index in [0.29, 0.717) is 16.2 Å². The predicted molar refractivity (Wildman–Crippen MR) is 129 cm³/mol. The maximum Gasteiger partial charge on any atom is 0.262 e. The van der Waals surface area contributed by atoms with Crippen molar-refractivity contribution >= 4 is 43.5 Å². The molecule has 0 saturated carbocycles. The third kappa shape index (κ3) is 3.75. The van der Waals surface area contributed by atoms with Crippen LogP contribution in [0.4, 0.5) is 20.4 Å². The first-order chi connectivity index (χ1) is 16.7. The SMILES string of the molecule is Cn1c(=O)c(-c2c(F)ccc(NS(=O)(=O)c3cccc4ccccc34)c2F)cc2cnc(N)nc21. The van der Waals surface area contributed by atoms with E-state index in [1.54, 1.807) is 36.4 Å². The fraction of sp³-hybridized carbons (Fsp3) is 0.0417. The molecular formula is C24H17F2N5O3S. The topological polar surface area (TPSA) is 120 Å². The van der Waals surface area contributed by atoms with Gasteiger partial charge in [-0.05, 0) is 29.7 Å². The molecule has 0 amide bonds. The summed E-state index contributed by atoms with van der Waals surface area (Å²) in [4.78, 5) is 20.7. The Morgan fingerprint density at radius 2 is 1.74 bits per heavy atom. The fourth-order valence-electron chi connectivity index (χ4n) is 3.95. The van der Waals surface area contributed by atoms with E-state index in [1.807, 2.05) is 0 Å². The van der Waals surface area contributed by atoms with Crippen molar-refractivity contribution in [3.05, 3.63) is 88.8 Å². The molecule has 0 saturated heterocycles. The first-order valence-electron chi connectivity index (χ1n) is 10.3. The summed E-state index contributed by atoms with van der Waals surface area (Å²) >= 11 is 0. The minimum atomic E-state index is -4.26. The highest BCUT2D eigenvalue weighted by Gasteiger charge is 2.24. The molecule has 176 valence electrons. The van der Waals surface area contributed by atoms with Gasteiger partial charge in [0, 0.05) is 24.0 Å². The Labute approximate surface area is 197 Å². The number of aryl methyl sites for hydroxylation is 1. The van der Waals surface area contributed by atoms with Crippen LogP contribution < -0.4 is 16.0 Å². The van der Waals surface area contributed by atoms with Crippen LogP contribution in [0, 0.1) is 11.6 Å². The van der Waals surface area contributed by atoms with E-state index in [9.17, 15) is 17.6 Å². The molecule has 5 aromatic rings. The number of aromatic nitrogens is 3. The van der Waals surface area contributed by atoms with Crippen molar-refractivity contribution in [2.24, 2.45) is 7.05 Å². The van der Waals surface area contributed by atoms with Gasteiger partial charge < -0.3 is 5.73 Å². The Bertz CT molecular complexity index is 1820. The number of nitrogen functional groups attached to an aromatic ring is 1. The summed E-state index contributed by atoms with van der Waals surface area (Å²) in [5, 5.41) is 1.43. The monoisotopic (exact) mass is 493 g/mol. The molecule has 0 fully saturated rings. The van der Waals surface area contributed by atoms with E-state index >= 15 is 4.39 Å². The van der Waals surface area contributed by atoms with E-state index in [4.69, 9.17) is 5.73 Å². The van der Waals surface area contributed by atoms with E-state index in [0.717, 1.165) is 16.7 Å². The standard InChI is InChI=1S/C24H17F2N5O3S/c1-31-22-14(12-28-24(27)29-22)11-16(23(31)32)20-17(25)9-10-18(21(20)26)30-35(33,34)19-8-4-6-13-5-2-3-7-15(13)19/h2-12,30H,1H3,(H2,27,28,29). The van der Waals surface area contributed by atoms with Crippen molar-refractivity contribution in [2.75, 3.05) is 10.5 Å². The number of nitrogens with two attached hydrogens (primary N) is 1. The summed E-state index contributed by atoms with van der Waals surface area (Å²) in [6, 6.07) is 14.6. The Morgan fingerprint density at radius 1 is 1.00 bits per heavy atom. The summed E-state index contributed by atoms with van der Waals surface area (Å²) in [7, 11) is -2.88. The average molecular weight is 493 g/mol. The maximum absolute atomic E-state index is 15.6. The van der Waals surface area contributed by atoms with Gasteiger partial charge in [0.15, 0.2) is 5.82 Å². The van der Waals surface area contributed by atoms with Gasteiger partial charge in [-0.3, -0.25) is 14.1 Å². The van der Waals surface area contributed by atoms with Gasteiger partial charge >= 0.3 is 0 Å². The van der Waals surface area contributed by atoms with Crippen LogP contribution in [-0.2, 0) is 17.1 Å². The predicted octanol–water partition coefficient (Wildman–Crippen LogP) is 3.81. The van der Waals surface area contributed by atoms with Gasteiger partial charge in [0.2, 0.25) is 5.95 Å². The number of anilines is 2.